The minimum Gasteiger partial charge on any atom is -0.436 e. The molecular weight excluding hydrogens is 528 g/mol. The molecule has 1 amide bonds. The summed E-state index contributed by atoms with van der Waals surface area (Å²) in [5, 5.41) is 7.06. The first-order valence-electron chi connectivity index (χ1n) is 10.5. The Balaban J connectivity index is 1.67. The normalized spacial score (nSPS) is 11.2. The highest BCUT2D eigenvalue weighted by Gasteiger charge is 2.18. The molecule has 13 nitrogen and oxygen atoms in total. The zero-order valence-corrected chi connectivity index (χ0v) is 20.7. The van der Waals surface area contributed by atoms with Crippen LogP contribution in [0.2, 0.25) is 5.02 Å². The molecule has 0 unspecified atom stereocenters. The van der Waals surface area contributed by atoms with E-state index in [1.807, 2.05) is 0 Å². The fraction of sp³-hybridized carbons (Fsp3) is 0.136. The quantitative estimate of drug-likeness (QED) is 0.315. The van der Waals surface area contributed by atoms with Crippen LogP contribution in [0.3, 0.4) is 0 Å². The molecule has 4 rings (SSSR count). The maximum Gasteiger partial charge on any atom is 0.355 e. The van der Waals surface area contributed by atoms with Crippen molar-refractivity contribution in [3.8, 4) is 11.6 Å². The Morgan fingerprint density at radius 1 is 1.05 bits per heavy atom. The van der Waals surface area contributed by atoms with Gasteiger partial charge in [0, 0.05) is 16.8 Å². The summed E-state index contributed by atoms with van der Waals surface area (Å²) >= 11 is 5.95. The highest BCUT2D eigenvalue weighted by Crippen LogP contribution is 2.23. The van der Waals surface area contributed by atoms with E-state index in [-0.39, 0.29) is 18.4 Å². The van der Waals surface area contributed by atoms with Gasteiger partial charge in [-0.1, -0.05) is 23.7 Å². The van der Waals surface area contributed by atoms with Crippen molar-refractivity contribution in [3.63, 3.8) is 0 Å². The van der Waals surface area contributed by atoms with Gasteiger partial charge in [0.05, 0.1) is 12.8 Å². The molecule has 0 saturated heterocycles. The lowest BCUT2D eigenvalue weighted by molar-refractivity contribution is -0.120. The third-order valence-electron chi connectivity index (χ3n) is 4.75. The smallest absolute Gasteiger partial charge is 0.355 e. The highest BCUT2D eigenvalue weighted by molar-refractivity contribution is 7.89. The van der Waals surface area contributed by atoms with Gasteiger partial charge in [-0.2, -0.15) is 4.98 Å². The first-order chi connectivity index (χ1) is 17.6. The van der Waals surface area contributed by atoms with Gasteiger partial charge in [-0.15, -0.1) is 0 Å². The van der Waals surface area contributed by atoms with E-state index in [2.05, 4.69) is 15.5 Å². The van der Waals surface area contributed by atoms with Crippen LogP contribution in [0.25, 0.3) is 0 Å². The predicted molar refractivity (Wildman–Crippen MR) is 133 cm³/mol. The fourth-order valence-electron chi connectivity index (χ4n) is 3.17. The van der Waals surface area contributed by atoms with Crippen LogP contribution in [0.1, 0.15) is 5.56 Å². The lowest BCUT2D eigenvalue weighted by Crippen LogP contribution is -2.46. The topological polar surface area (TPSA) is 167 Å². The van der Waals surface area contributed by atoms with Gasteiger partial charge in [0.1, 0.15) is 18.6 Å². The second kappa shape index (κ2) is 10.7. The lowest BCUT2D eigenvalue weighted by atomic mass is 10.2. The number of rotatable bonds is 9. The first kappa shape index (κ1) is 25.7. The van der Waals surface area contributed by atoms with Crippen LogP contribution in [-0.4, -0.2) is 39.9 Å². The van der Waals surface area contributed by atoms with E-state index in [4.69, 9.17) is 20.9 Å². The van der Waals surface area contributed by atoms with E-state index < -0.39 is 33.9 Å². The molecule has 2 aromatic carbocycles. The fourth-order valence-corrected chi connectivity index (χ4v) is 3.77. The largest absolute Gasteiger partial charge is 0.436 e. The number of benzene rings is 2. The summed E-state index contributed by atoms with van der Waals surface area (Å²) in [6, 6.07) is 14.7. The van der Waals surface area contributed by atoms with E-state index in [0.717, 1.165) is 10.8 Å². The third-order valence-corrected chi connectivity index (χ3v) is 5.60. The summed E-state index contributed by atoms with van der Waals surface area (Å²) < 4.78 is 36.3. The molecule has 4 aromatic rings. The summed E-state index contributed by atoms with van der Waals surface area (Å²) in [5.41, 5.74) is -0.809. The summed E-state index contributed by atoms with van der Waals surface area (Å²) in [4.78, 5) is 41.9. The number of ether oxygens (including phenoxy) is 1. The van der Waals surface area contributed by atoms with Crippen molar-refractivity contribution >= 4 is 39.2 Å². The molecule has 0 saturated carbocycles. The SMILES string of the molecule is CS(=O)(=O)NC(=O)Cn1c(=O)nc(Nc2ccc(Oc3ccon3)cc2)n(Cc2ccc(Cl)cc2)c1=O. The average Bonchev–Trinajstić information content (AvgIpc) is 3.34. The zero-order chi connectivity index (χ0) is 26.6. The van der Waals surface area contributed by atoms with Crippen molar-refractivity contribution < 1.29 is 22.5 Å². The third kappa shape index (κ3) is 6.83. The Morgan fingerprint density at radius 3 is 2.38 bits per heavy atom. The Kier molecular flexibility index (Phi) is 7.40. The maximum atomic E-state index is 13.3. The van der Waals surface area contributed by atoms with Crippen molar-refractivity contribution in [2.45, 2.75) is 13.1 Å². The zero-order valence-electron chi connectivity index (χ0n) is 19.1. The van der Waals surface area contributed by atoms with Crippen LogP contribution < -0.4 is 26.2 Å². The molecule has 0 radical (unpaired) electrons. The molecule has 2 aromatic heterocycles. The van der Waals surface area contributed by atoms with Gasteiger partial charge in [0.25, 0.3) is 11.8 Å². The number of aromatic nitrogens is 4. The molecule has 0 fully saturated rings. The number of carbonyl (C=O) groups excluding carboxylic acids is 1. The second-order valence-corrected chi connectivity index (χ2v) is 9.87. The number of nitrogens with zero attached hydrogens (tertiary/aromatic N) is 4. The van der Waals surface area contributed by atoms with Crippen LogP contribution >= 0.6 is 11.6 Å². The Bertz CT molecular complexity index is 1630. The van der Waals surface area contributed by atoms with E-state index in [1.165, 1.54) is 12.3 Å². The van der Waals surface area contributed by atoms with E-state index in [0.29, 0.717) is 26.6 Å². The number of halogens is 1. The lowest BCUT2D eigenvalue weighted by Gasteiger charge is -2.16. The molecular formula is C22H19ClN6O7S. The van der Waals surface area contributed by atoms with E-state index >= 15 is 0 Å². The Morgan fingerprint density at radius 2 is 1.76 bits per heavy atom. The summed E-state index contributed by atoms with van der Waals surface area (Å²) in [6.07, 6.45) is 2.14. The highest BCUT2D eigenvalue weighted by atomic mass is 35.5. The molecule has 37 heavy (non-hydrogen) atoms. The molecule has 0 spiro atoms. The number of anilines is 2. The van der Waals surface area contributed by atoms with E-state index in [9.17, 15) is 22.8 Å². The second-order valence-electron chi connectivity index (χ2n) is 7.69. The number of hydrogen-bond donors (Lipinski definition) is 2. The molecule has 0 bridgehead atoms. The number of amides is 1. The predicted octanol–water partition coefficient (Wildman–Crippen LogP) is 1.71. The molecule has 0 aliphatic heterocycles. The van der Waals surface area contributed by atoms with Crippen molar-refractivity contribution in [2.24, 2.45) is 0 Å². The van der Waals surface area contributed by atoms with Gasteiger partial charge in [-0.3, -0.25) is 14.1 Å². The number of nitrogens with one attached hydrogen (secondary N) is 2. The van der Waals surface area contributed by atoms with Crippen molar-refractivity contribution in [1.82, 2.24) is 24.0 Å². The number of hydrogen-bond acceptors (Lipinski definition) is 10. The van der Waals surface area contributed by atoms with Crippen LogP contribution in [0, 0.1) is 0 Å². The maximum absolute atomic E-state index is 13.3. The van der Waals surface area contributed by atoms with Crippen molar-refractivity contribution in [3.05, 3.63) is 92.4 Å². The van der Waals surface area contributed by atoms with Crippen LogP contribution in [0.15, 0.2) is 75.0 Å². The Hall–Kier alpha value is -4.43. The van der Waals surface area contributed by atoms with Crippen molar-refractivity contribution in [1.29, 1.82) is 0 Å². The summed E-state index contributed by atoms with van der Waals surface area (Å²) in [6.45, 7) is -0.876. The van der Waals surface area contributed by atoms with E-state index in [1.54, 1.807) is 53.3 Å². The Labute approximate surface area is 214 Å². The van der Waals surface area contributed by atoms with Gasteiger partial charge in [-0.05, 0) is 47.1 Å². The molecule has 15 heteroatoms. The summed E-state index contributed by atoms with van der Waals surface area (Å²) in [7, 11) is -3.89. The van der Waals surface area contributed by atoms with Crippen molar-refractivity contribution in [2.75, 3.05) is 11.6 Å². The van der Waals surface area contributed by atoms with Crippen LogP contribution in [0.4, 0.5) is 11.6 Å². The molecule has 2 N–H and O–H groups in total. The van der Waals surface area contributed by atoms with Gasteiger partial charge in [-0.25, -0.2) is 22.6 Å². The molecule has 2 heterocycles. The minimum atomic E-state index is -3.89. The first-order valence-corrected chi connectivity index (χ1v) is 12.8. The van der Waals surface area contributed by atoms with Gasteiger partial charge in [0.15, 0.2) is 0 Å². The molecule has 0 atom stereocenters. The monoisotopic (exact) mass is 546 g/mol. The standard InChI is InChI=1S/C22H19ClN6O7S/c1-37(33,34)27-18(30)13-29-21(31)25-20(28(22(29)32)12-14-2-4-15(23)5-3-14)24-16-6-8-17(9-7-16)36-19-10-11-35-26-19/h2-11H,12-13H2,1H3,(H,27,30)(H,24,25,31). The van der Waals surface area contributed by atoms with Gasteiger partial charge < -0.3 is 14.6 Å². The van der Waals surface area contributed by atoms with Crippen LogP contribution in [-0.2, 0) is 27.9 Å². The van der Waals surface area contributed by atoms with Gasteiger partial charge >= 0.3 is 11.4 Å². The minimum absolute atomic E-state index is 0.0351. The van der Waals surface area contributed by atoms with Gasteiger partial charge in [0.2, 0.25) is 16.0 Å². The molecule has 0 aliphatic rings. The molecule has 192 valence electrons. The summed E-state index contributed by atoms with van der Waals surface area (Å²) in [5.74, 6) is -0.444. The number of carbonyl (C=O) groups is 1. The average molecular weight is 547 g/mol. The molecule has 0 aliphatic carbocycles. The number of sulfonamides is 1. The van der Waals surface area contributed by atoms with Crippen LogP contribution in [0.5, 0.6) is 11.6 Å².